The standard InChI is InChI=1S/C14H21BrFN3/c1-18-8-6-17-10-12(18)5-7-19(2)14-9-11(15)3-4-13(14)16/h3-4,9,12,17H,5-8,10H2,1-2H3. The van der Waals surface area contributed by atoms with Gasteiger partial charge in [-0.2, -0.15) is 0 Å². The van der Waals surface area contributed by atoms with E-state index in [9.17, 15) is 4.39 Å². The maximum Gasteiger partial charge on any atom is 0.146 e. The maximum atomic E-state index is 13.8. The first-order chi connectivity index (χ1) is 9.08. The molecule has 1 unspecified atom stereocenters. The van der Waals surface area contributed by atoms with Gasteiger partial charge in [0.1, 0.15) is 5.82 Å². The molecule has 1 aliphatic rings. The van der Waals surface area contributed by atoms with E-state index in [0.29, 0.717) is 11.7 Å². The lowest BCUT2D eigenvalue weighted by Gasteiger charge is -2.34. The van der Waals surface area contributed by atoms with Crippen molar-refractivity contribution in [2.45, 2.75) is 12.5 Å². The molecule has 0 spiro atoms. The van der Waals surface area contributed by atoms with E-state index >= 15 is 0 Å². The zero-order valence-corrected chi connectivity index (χ0v) is 13.1. The van der Waals surface area contributed by atoms with Gasteiger partial charge in [-0.05, 0) is 31.7 Å². The van der Waals surface area contributed by atoms with Gasteiger partial charge in [-0.15, -0.1) is 0 Å². The number of nitrogens with one attached hydrogen (secondary N) is 1. The minimum absolute atomic E-state index is 0.166. The average molecular weight is 330 g/mol. The van der Waals surface area contributed by atoms with E-state index in [0.717, 1.165) is 37.1 Å². The Bertz CT molecular complexity index is 427. The number of halogens is 2. The van der Waals surface area contributed by atoms with Gasteiger partial charge in [0.05, 0.1) is 5.69 Å². The summed E-state index contributed by atoms with van der Waals surface area (Å²) in [7, 11) is 4.10. The van der Waals surface area contributed by atoms with Crippen LogP contribution in [0.1, 0.15) is 6.42 Å². The zero-order valence-electron chi connectivity index (χ0n) is 11.5. The predicted molar refractivity (Wildman–Crippen MR) is 81.3 cm³/mol. The normalized spacial score (nSPS) is 20.5. The van der Waals surface area contributed by atoms with Gasteiger partial charge in [0, 0.05) is 43.7 Å². The first-order valence-corrected chi connectivity index (χ1v) is 7.44. The third-order valence-corrected chi connectivity index (χ3v) is 4.26. The summed E-state index contributed by atoms with van der Waals surface area (Å²) in [6.07, 6.45) is 1.03. The lowest BCUT2D eigenvalue weighted by Crippen LogP contribution is -2.50. The Balaban J connectivity index is 1.93. The van der Waals surface area contributed by atoms with Crippen LogP contribution in [0.5, 0.6) is 0 Å². The molecule has 0 saturated carbocycles. The van der Waals surface area contributed by atoms with Gasteiger partial charge in [0.2, 0.25) is 0 Å². The lowest BCUT2D eigenvalue weighted by molar-refractivity contribution is 0.192. The molecule has 5 heteroatoms. The quantitative estimate of drug-likeness (QED) is 0.914. The molecule has 0 amide bonds. The average Bonchev–Trinajstić information content (AvgIpc) is 2.40. The molecule has 1 aromatic rings. The molecule has 1 saturated heterocycles. The molecule has 0 aromatic heterocycles. The first kappa shape index (κ1) is 14.8. The second-order valence-corrected chi connectivity index (χ2v) is 6.06. The molecule has 1 heterocycles. The summed E-state index contributed by atoms with van der Waals surface area (Å²) in [6.45, 7) is 4.01. The van der Waals surface area contributed by atoms with Crippen molar-refractivity contribution in [3.8, 4) is 0 Å². The van der Waals surface area contributed by atoms with Gasteiger partial charge in [-0.3, -0.25) is 0 Å². The van der Waals surface area contributed by atoms with Crippen LogP contribution < -0.4 is 10.2 Å². The third kappa shape index (κ3) is 3.91. The Labute approximate surface area is 122 Å². The summed E-state index contributed by atoms with van der Waals surface area (Å²) in [5.74, 6) is -0.166. The van der Waals surface area contributed by atoms with Gasteiger partial charge in [0.15, 0.2) is 0 Å². The van der Waals surface area contributed by atoms with Gasteiger partial charge in [-0.1, -0.05) is 15.9 Å². The highest BCUT2D eigenvalue weighted by Crippen LogP contribution is 2.23. The van der Waals surface area contributed by atoms with E-state index in [2.05, 4.69) is 33.2 Å². The van der Waals surface area contributed by atoms with E-state index in [1.54, 1.807) is 6.07 Å². The van der Waals surface area contributed by atoms with Crippen LogP contribution in [0.4, 0.5) is 10.1 Å². The van der Waals surface area contributed by atoms with E-state index < -0.39 is 0 Å². The second-order valence-electron chi connectivity index (χ2n) is 5.14. The fourth-order valence-electron chi connectivity index (χ4n) is 2.43. The fourth-order valence-corrected chi connectivity index (χ4v) is 2.78. The van der Waals surface area contributed by atoms with Gasteiger partial charge >= 0.3 is 0 Å². The van der Waals surface area contributed by atoms with Crippen molar-refractivity contribution in [2.75, 3.05) is 45.2 Å². The van der Waals surface area contributed by atoms with Crippen LogP contribution >= 0.6 is 15.9 Å². The minimum Gasteiger partial charge on any atom is -0.372 e. The van der Waals surface area contributed by atoms with E-state index in [1.165, 1.54) is 6.07 Å². The van der Waals surface area contributed by atoms with Crippen LogP contribution in [0.25, 0.3) is 0 Å². The molecule has 106 valence electrons. The molecule has 1 atom stereocenters. The van der Waals surface area contributed by atoms with Crippen LogP contribution in [0, 0.1) is 5.82 Å². The van der Waals surface area contributed by atoms with Crippen molar-refractivity contribution in [1.29, 1.82) is 0 Å². The van der Waals surface area contributed by atoms with E-state index in [1.807, 2.05) is 18.0 Å². The smallest absolute Gasteiger partial charge is 0.146 e. The highest BCUT2D eigenvalue weighted by Gasteiger charge is 2.19. The van der Waals surface area contributed by atoms with Gasteiger partial charge in [-0.25, -0.2) is 4.39 Å². The molecule has 1 fully saturated rings. The molecular formula is C14H21BrFN3. The second kappa shape index (κ2) is 6.68. The van der Waals surface area contributed by atoms with Gasteiger partial charge in [0.25, 0.3) is 0 Å². The summed E-state index contributed by atoms with van der Waals surface area (Å²) in [5.41, 5.74) is 0.654. The van der Waals surface area contributed by atoms with Crippen LogP contribution in [0.3, 0.4) is 0 Å². The van der Waals surface area contributed by atoms with Crippen LogP contribution in [-0.4, -0.2) is 51.2 Å². The summed E-state index contributed by atoms with van der Waals surface area (Å²) < 4.78 is 14.7. The van der Waals surface area contributed by atoms with Crippen molar-refractivity contribution in [1.82, 2.24) is 10.2 Å². The molecule has 19 heavy (non-hydrogen) atoms. The zero-order chi connectivity index (χ0) is 13.8. The van der Waals surface area contributed by atoms with E-state index in [-0.39, 0.29) is 5.82 Å². The molecule has 1 N–H and O–H groups in total. The molecule has 0 aliphatic carbocycles. The minimum atomic E-state index is -0.166. The van der Waals surface area contributed by atoms with Crippen LogP contribution in [0.2, 0.25) is 0 Å². The summed E-state index contributed by atoms with van der Waals surface area (Å²) in [5, 5.41) is 3.41. The van der Waals surface area contributed by atoms with Crippen molar-refractivity contribution >= 4 is 21.6 Å². The Morgan fingerprint density at radius 1 is 1.53 bits per heavy atom. The highest BCUT2D eigenvalue weighted by atomic mass is 79.9. The Kier molecular flexibility index (Phi) is 5.19. The number of nitrogens with zero attached hydrogens (tertiary/aromatic N) is 2. The summed E-state index contributed by atoms with van der Waals surface area (Å²) >= 11 is 3.39. The van der Waals surface area contributed by atoms with E-state index in [4.69, 9.17) is 0 Å². The van der Waals surface area contributed by atoms with Crippen molar-refractivity contribution in [2.24, 2.45) is 0 Å². The third-order valence-electron chi connectivity index (χ3n) is 3.76. The maximum absolute atomic E-state index is 13.8. The molecule has 1 aromatic carbocycles. The molecule has 1 aliphatic heterocycles. The van der Waals surface area contributed by atoms with Crippen LogP contribution in [-0.2, 0) is 0 Å². The SMILES string of the molecule is CN(CCC1CNCCN1C)c1cc(Br)ccc1F. The number of anilines is 1. The van der Waals surface area contributed by atoms with Crippen LogP contribution in [0.15, 0.2) is 22.7 Å². The molecule has 3 nitrogen and oxygen atoms in total. The molecule has 0 radical (unpaired) electrons. The molecule has 2 rings (SSSR count). The number of benzene rings is 1. The monoisotopic (exact) mass is 329 g/mol. The summed E-state index contributed by atoms with van der Waals surface area (Å²) in [4.78, 5) is 4.37. The topological polar surface area (TPSA) is 18.5 Å². The number of rotatable bonds is 4. The van der Waals surface area contributed by atoms with Crippen molar-refractivity contribution < 1.29 is 4.39 Å². The number of likely N-dealkylation sites (N-methyl/N-ethyl adjacent to an activating group) is 1. The molecular weight excluding hydrogens is 309 g/mol. The summed E-state index contributed by atoms with van der Waals surface area (Å²) in [6, 6.07) is 5.60. The fraction of sp³-hybridized carbons (Fsp3) is 0.571. The highest BCUT2D eigenvalue weighted by molar-refractivity contribution is 9.10. The Morgan fingerprint density at radius 2 is 2.32 bits per heavy atom. The lowest BCUT2D eigenvalue weighted by atomic mass is 10.1. The molecule has 0 bridgehead atoms. The Morgan fingerprint density at radius 3 is 3.05 bits per heavy atom. The first-order valence-electron chi connectivity index (χ1n) is 6.65. The van der Waals surface area contributed by atoms with Gasteiger partial charge < -0.3 is 15.1 Å². The van der Waals surface area contributed by atoms with Crippen molar-refractivity contribution in [3.05, 3.63) is 28.5 Å². The van der Waals surface area contributed by atoms with Crippen molar-refractivity contribution in [3.63, 3.8) is 0 Å². The number of hydrogen-bond donors (Lipinski definition) is 1. The number of piperazine rings is 1. The Hall–Kier alpha value is -0.650. The largest absolute Gasteiger partial charge is 0.372 e. The predicted octanol–water partition coefficient (Wildman–Crippen LogP) is 2.32. The number of hydrogen-bond acceptors (Lipinski definition) is 3.